The zero-order valence-corrected chi connectivity index (χ0v) is 8.98. The number of anilines is 1. The van der Waals surface area contributed by atoms with Gasteiger partial charge in [-0.1, -0.05) is 6.42 Å². The first-order chi connectivity index (χ1) is 7.29. The van der Waals surface area contributed by atoms with Crippen LogP contribution in [0.4, 0.5) is 5.95 Å². The number of aryl methyl sites for hydroxylation is 1. The van der Waals surface area contributed by atoms with Crippen LogP contribution in [0, 0.1) is 12.8 Å². The van der Waals surface area contributed by atoms with Crippen molar-refractivity contribution in [2.75, 3.05) is 11.9 Å². The molecule has 1 aromatic heterocycles. The van der Waals surface area contributed by atoms with Crippen molar-refractivity contribution in [1.29, 1.82) is 0 Å². The molecule has 1 saturated carbocycles. The quantitative estimate of drug-likeness (QED) is 0.785. The Hall–Kier alpha value is -1.16. The van der Waals surface area contributed by atoms with Crippen LogP contribution in [0.3, 0.4) is 0 Å². The first-order valence-corrected chi connectivity index (χ1v) is 5.46. The highest BCUT2D eigenvalue weighted by Gasteiger charge is 2.26. The smallest absolute Gasteiger partial charge is 0.223 e. The number of hydrogen-bond acceptors (Lipinski definition) is 4. The van der Waals surface area contributed by atoms with Gasteiger partial charge in [0.05, 0.1) is 0 Å². The summed E-state index contributed by atoms with van der Waals surface area (Å²) in [6, 6.07) is 2.21. The molecular weight excluding hydrogens is 190 g/mol. The summed E-state index contributed by atoms with van der Waals surface area (Å²) in [5.41, 5.74) is 0.964. The first kappa shape index (κ1) is 10.4. The molecule has 4 heteroatoms. The van der Waals surface area contributed by atoms with Gasteiger partial charge in [0, 0.05) is 30.5 Å². The maximum atomic E-state index is 9.19. The average molecular weight is 207 g/mol. The highest BCUT2D eigenvalue weighted by molar-refractivity contribution is 5.27. The molecule has 0 saturated heterocycles. The monoisotopic (exact) mass is 207 g/mol. The molecule has 0 amide bonds. The van der Waals surface area contributed by atoms with E-state index in [0.717, 1.165) is 18.5 Å². The molecule has 2 unspecified atom stereocenters. The fourth-order valence-electron chi connectivity index (χ4n) is 2.13. The van der Waals surface area contributed by atoms with Gasteiger partial charge in [-0.3, -0.25) is 0 Å². The molecule has 0 bridgehead atoms. The van der Waals surface area contributed by atoms with Crippen LogP contribution in [0.25, 0.3) is 0 Å². The molecule has 82 valence electrons. The van der Waals surface area contributed by atoms with E-state index in [1.165, 1.54) is 6.42 Å². The predicted molar refractivity (Wildman–Crippen MR) is 58.6 cm³/mol. The third-order valence-electron chi connectivity index (χ3n) is 3.00. The number of aromatic nitrogens is 2. The van der Waals surface area contributed by atoms with Gasteiger partial charge in [0.1, 0.15) is 0 Å². The minimum atomic E-state index is 0.253. The molecule has 1 heterocycles. The van der Waals surface area contributed by atoms with Crippen LogP contribution in [0.1, 0.15) is 25.0 Å². The molecule has 0 aromatic carbocycles. The second kappa shape index (κ2) is 4.57. The van der Waals surface area contributed by atoms with E-state index < -0.39 is 0 Å². The minimum Gasteiger partial charge on any atom is -0.396 e. The van der Waals surface area contributed by atoms with E-state index in [4.69, 9.17) is 0 Å². The SMILES string of the molecule is Cc1ccnc(NC2CCCC2CO)n1. The van der Waals surface area contributed by atoms with Crippen molar-refractivity contribution in [1.82, 2.24) is 9.97 Å². The van der Waals surface area contributed by atoms with Gasteiger partial charge in [0.25, 0.3) is 0 Å². The zero-order valence-electron chi connectivity index (χ0n) is 8.98. The Morgan fingerprint density at radius 3 is 3.13 bits per heavy atom. The number of aliphatic hydroxyl groups is 1. The van der Waals surface area contributed by atoms with Crippen LogP contribution < -0.4 is 5.32 Å². The third kappa shape index (κ3) is 2.45. The Morgan fingerprint density at radius 2 is 2.40 bits per heavy atom. The van der Waals surface area contributed by atoms with Gasteiger partial charge in [-0.05, 0) is 25.8 Å². The van der Waals surface area contributed by atoms with Gasteiger partial charge < -0.3 is 10.4 Å². The van der Waals surface area contributed by atoms with E-state index in [0.29, 0.717) is 17.9 Å². The van der Waals surface area contributed by atoms with Crippen molar-refractivity contribution in [2.24, 2.45) is 5.92 Å². The van der Waals surface area contributed by atoms with E-state index in [2.05, 4.69) is 15.3 Å². The normalized spacial score (nSPS) is 25.5. The Morgan fingerprint density at radius 1 is 1.53 bits per heavy atom. The van der Waals surface area contributed by atoms with Crippen LogP contribution in [-0.4, -0.2) is 27.7 Å². The molecule has 4 nitrogen and oxygen atoms in total. The largest absolute Gasteiger partial charge is 0.396 e. The van der Waals surface area contributed by atoms with Crippen molar-refractivity contribution in [3.63, 3.8) is 0 Å². The van der Waals surface area contributed by atoms with E-state index >= 15 is 0 Å². The summed E-state index contributed by atoms with van der Waals surface area (Å²) in [5.74, 6) is 1.04. The molecule has 1 aliphatic rings. The third-order valence-corrected chi connectivity index (χ3v) is 3.00. The summed E-state index contributed by atoms with van der Waals surface area (Å²) in [6.45, 7) is 2.20. The van der Waals surface area contributed by atoms with Gasteiger partial charge in [-0.2, -0.15) is 0 Å². The van der Waals surface area contributed by atoms with Crippen LogP contribution in [0.5, 0.6) is 0 Å². The first-order valence-electron chi connectivity index (χ1n) is 5.46. The van der Waals surface area contributed by atoms with Gasteiger partial charge in [-0.25, -0.2) is 9.97 Å². The summed E-state index contributed by atoms with van der Waals surface area (Å²) in [6.07, 6.45) is 5.13. The number of nitrogens with zero attached hydrogens (tertiary/aromatic N) is 2. The summed E-state index contributed by atoms with van der Waals surface area (Å²) < 4.78 is 0. The Labute approximate surface area is 89.8 Å². The lowest BCUT2D eigenvalue weighted by atomic mass is 10.1. The second-order valence-corrected chi connectivity index (χ2v) is 4.15. The van der Waals surface area contributed by atoms with Gasteiger partial charge in [0.2, 0.25) is 5.95 Å². The second-order valence-electron chi connectivity index (χ2n) is 4.15. The lowest BCUT2D eigenvalue weighted by molar-refractivity contribution is 0.222. The zero-order chi connectivity index (χ0) is 10.7. The van der Waals surface area contributed by atoms with Crippen molar-refractivity contribution in [2.45, 2.75) is 32.2 Å². The van der Waals surface area contributed by atoms with E-state index in [1.807, 2.05) is 13.0 Å². The number of nitrogens with one attached hydrogen (secondary N) is 1. The molecule has 0 spiro atoms. The lowest BCUT2D eigenvalue weighted by Crippen LogP contribution is -2.27. The molecule has 0 aliphatic heterocycles. The Bertz CT molecular complexity index is 329. The van der Waals surface area contributed by atoms with E-state index in [-0.39, 0.29) is 6.61 Å². The van der Waals surface area contributed by atoms with E-state index in [1.54, 1.807) is 6.20 Å². The molecule has 15 heavy (non-hydrogen) atoms. The summed E-state index contributed by atoms with van der Waals surface area (Å²) in [5, 5.41) is 12.5. The minimum absolute atomic E-state index is 0.253. The molecule has 1 fully saturated rings. The Kier molecular flexibility index (Phi) is 3.16. The lowest BCUT2D eigenvalue weighted by Gasteiger charge is -2.18. The van der Waals surface area contributed by atoms with Gasteiger partial charge in [-0.15, -0.1) is 0 Å². The highest BCUT2D eigenvalue weighted by Crippen LogP contribution is 2.27. The maximum Gasteiger partial charge on any atom is 0.223 e. The molecule has 2 N–H and O–H groups in total. The van der Waals surface area contributed by atoms with Crippen LogP contribution in [0.15, 0.2) is 12.3 Å². The average Bonchev–Trinajstić information content (AvgIpc) is 2.65. The van der Waals surface area contributed by atoms with E-state index in [9.17, 15) is 5.11 Å². The van der Waals surface area contributed by atoms with Gasteiger partial charge in [0.15, 0.2) is 0 Å². The summed E-state index contributed by atoms with van der Waals surface area (Å²) in [4.78, 5) is 8.47. The van der Waals surface area contributed by atoms with Crippen molar-refractivity contribution in [3.8, 4) is 0 Å². The van der Waals surface area contributed by atoms with Gasteiger partial charge >= 0.3 is 0 Å². The fraction of sp³-hybridized carbons (Fsp3) is 0.636. The summed E-state index contributed by atoms with van der Waals surface area (Å²) in [7, 11) is 0. The fourth-order valence-corrected chi connectivity index (χ4v) is 2.13. The van der Waals surface area contributed by atoms with Crippen molar-refractivity contribution in [3.05, 3.63) is 18.0 Å². The summed E-state index contributed by atoms with van der Waals surface area (Å²) >= 11 is 0. The van der Waals surface area contributed by atoms with Crippen LogP contribution in [0.2, 0.25) is 0 Å². The molecule has 2 atom stereocenters. The molecule has 1 aliphatic carbocycles. The standard InChI is InChI=1S/C11H17N3O/c1-8-5-6-12-11(13-8)14-10-4-2-3-9(10)7-15/h5-6,9-10,15H,2-4,7H2,1H3,(H,12,13,14). The topological polar surface area (TPSA) is 58.0 Å². The van der Waals surface area contributed by atoms with Crippen molar-refractivity contribution < 1.29 is 5.11 Å². The number of hydrogen-bond donors (Lipinski definition) is 2. The molecule has 1 aromatic rings. The molecule has 2 rings (SSSR count). The Balaban J connectivity index is 2.02. The molecular formula is C11H17N3O. The number of rotatable bonds is 3. The highest BCUT2D eigenvalue weighted by atomic mass is 16.3. The number of aliphatic hydroxyl groups excluding tert-OH is 1. The molecule has 0 radical (unpaired) electrons. The maximum absolute atomic E-state index is 9.19. The van der Waals surface area contributed by atoms with Crippen LogP contribution >= 0.6 is 0 Å². The predicted octanol–water partition coefficient (Wildman–Crippen LogP) is 1.36. The van der Waals surface area contributed by atoms with Crippen LogP contribution in [-0.2, 0) is 0 Å². The van der Waals surface area contributed by atoms with Crippen molar-refractivity contribution >= 4 is 5.95 Å².